The third-order valence-corrected chi connectivity index (χ3v) is 7.13. The molecule has 0 radical (unpaired) electrons. The predicted molar refractivity (Wildman–Crippen MR) is 110 cm³/mol. The zero-order valence-corrected chi connectivity index (χ0v) is 17.4. The van der Waals surface area contributed by atoms with Gasteiger partial charge in [-0.1, -0.05) is 25.3 Å². The van der Waals surface area contributed by atoms with Gasteiger partial charge >= 0.3 is 0 Å². The summed E-state index contributed by atoms with van der Waals surface area (Å²) in [4.78, 5) is 13.8. The number of fused-ring (bicyclic) bond motifs is 1. The number of benzene rings is 1. The molecule has 1 atom stereocenters. The lowest BCUT2D eigenvalue weighted by molar-refractivity contribution is -0.116. The fraction of sp³-hybridized carbons (Fsp3) is 0.632. The number of rotatable bonds is 5. The van der Waals surface area contributed by atoms with E-state index in [4.69, 9.17) is 5.73 Å². The number of nitrogens with zero attached hydrogens (tertiary/aromatic N) is 1. The van der Waals surface area contributed by atoms with E-state index in [1.165, 1.54) is 13.3 Å². The number of sulfonamides is 1. The van der Waals surface area contributed by atoms with Gasteiger partial charge in [0.25, 0.3) is 0 Å². The highest BCUT2D eigenvalue weighted by Gasteiger charge is 2.29. The van der Waals surface area contributed by atoms with Gasteiger partial charge in [0.15, 0.2) is 0 Å². The first-order chi connectivity index (χ1) is 12.4. The van der Waals surface area contributed by atoms with Crippen LogP contribution < -0.4 is 15.4 Å². The smallest absolute Gasteiger partial charge is 0.240 e. The Morgan fingerprint density at radius 2 is 1.96 bits per heavy atom. The first-order valence-corrected chi connectivity index (χ1v) is 11.0. The molecule has 3 rings (SSSR count). The number of carbonyl (C=O) groups excluding carboxylic acids is 1. The number of anilines is 1. The van der Waals surface area contributed by atoms with E-state index in [1.807, 2.05) is 6.07 Å². The molecule has 1 aliphatic carbocycles. The summed E-state index contributed by atoms with van der Waals surface area (Å²) in [6.07, 6.45) is 7.28. The first kappa shape index (κ1) is 22.1. The molecular formula is C19H30ClN3O3S. The number of nitrogens with two attached hydrogens (primary N) is 1. The molecule has 3 N–H and O–H groups in total. The molecule has 6 nitrogen and oxygen atoms in total. The largest absolute Gasteiger partial charge is 0.329 e. The van der Waals surface area contributed by atoms with E-state index in [2.05, 4.69) is 4.72 Å². The van der Waals surface area contributed by atoms with Crippen LogP contribution in [0.2, 0.25) is 0 Å². The van der Waals surface area contributed by atoms with Crippen molar-refractivity contribution < 1.29 is 13.2 Å². The first-order valence-electron chi connectivity index (χ1n) is 9.56. The van der Waals surface area contributed by atoms with Gasteiger partial charge < -0.3 is 10.6 Å². The number of amides is 1. The zero-order chi connectivity index (χ0) is 18.7. The van der Waals surface area contributed by atoms with Gasteiger partial charge in [-0.15, -0.1) is 12.4 Å². The molecule has 1 aliphatic heterocycles. The highest BCUT2D eigenvalue weighted by atomic mass is 35.5. The lowest BCUT2D eigenvalue weighted by Crippen LogP contribution is -2.45. The third-order valence-electron chi connectivity index (χ3n) is 5.65. The molecule has 1 heterocycles. The summed E-state index contributed by atoms with van der Waals surface area (Å²) in [5.74, 6) is 0.241. The van der Waals surface area contributed by atoms with Crippen LogP contribution in [0, 0.1) is 5.92 Å². The van der Waals surface area contributed by atoms with Gasteiger partial charge in [-0.05, 0) is 49.3 Å². The molecular weight excluding hydrogens is 386 g/mol. The van der Waals surface area contributed by atoms with Crippen molar-refractivity contribution in [3.05, 3.63) is 23.8 Å². The standard InChI is InChI=1S/C19H29N3O3S.ClH/c1-14(23)22-11-5-8-16-9-10-17(12-19(16)22)26(24,25)21-18(13-20)15-6-3-2-4-7-15;/h9-10,12,15,18,21H,2-8,11,13,20H2,1H3;1H. The molecule has 1 saturated carbocycles. The molecule has 1 amide bonds. The Morgan fingerprint density at radius 1 is 1.26 bits per heavy atom. The molecule has 27 heavy (non-hydrogen) atoms. The monoisotopic (exact) mass is 415 g/mol. The number of carbonyl (C=O) groups is 1. The number of aryl methyl sites for hydroxylation is 1. The maximum Gasteiger partial charge on any atom is 0.240 e. The summed E-state index contributed by atoms with van der Waals surface area (Å²) in [6.45, 7) is 2.45. The lowest BCUT2D eigenvalue weighted by Gasteiger charge is -2.31. The molecule has 0 spiro atoms. The minimum absolute atomic E-state index is 0. The number of hydrogen-bond acceptors (Lipinski definition) is 4. The van der Waals surface area contributed by atoms with Crippen LogP contribution in [0.25, 0.3) is 0 Å². The lowest BCUT2D eigenvalue weighted by atomic mass is 9.84. The second-order valence-corrected chi connectivity index (χ2v) is 9.14. The Balaban J connectivity index is 0.00000261. The quantitative estimate of drug-likeness (QED) is 0.772. The van der Waals surface area contributed by atoms with E-state index in [0.29, 0.717) is 24.7 Å². The van der Waals surface area contributed by atoms with Crippen molar-refractivity contribution in [3.63, 3.8) is 0 Å². The van der Waals surface area contributed by atoms with Crippen molar-refractivity contribution in [1.82, 2.24) is 4.72 Å². The minimum atomic E-state index is -3.67. The Bertz CT molecular complexity index is 763. The van der Waals surface area contributed by atoms with Gasteiger partial charge in [0.2, 0.25) is 15.9 Å². The fourth-order valence-corrected chi connectivity index (χ4v) is 5.53. The summed E-state index contributed by atoms with van der Waals surface area (Å²) in [7, 11) is -3.67. The van der Waals surface area contributed by atoms with Crippen molar-refractivity contribution >= 4 is 34.0 Å². The van der Waals surface area contributed by atoms with E-state index < -0.39 is 10.0 Å². The van der Waals surface area contributed by atoms with Crippen LogP contribution in [0.15, 0.2) is 23.1 Å². The second kappa shape index (κ2) is 9.37. The van der Waals surface area contributed by atoms with Crippen molar-refractivity contribution in [2.24, 2.45) is 11.7 Å². The number of nitrogens with one attached hydrogen (secondary N) is 1. The van der Waals surface area contributed by atoms with E-state index in [9.17, 15) is 13.2 Å². The minimum Gasteiger partial charge on any atom is -0.329 e. The Hall–Kier alpha value is -1.15. The van der Waals surface area contributed by atoms with Crippen molar-refractivity contribution in [3.8, 4) is 0 Å². The zero-order valence-electron chi connectivity index (χ0n) is 15.8. The van der Waals surface area contributed by atoms with E-state index in [1.54, 1.807) is 17.0 Å². The van der Waals surface area contributed by atoms with Crippen LogP contribution in [0.3, 0.4) is 0 Å². The maximum absolute atomic E-state index is 12.9. The molecule has 0 saturated heterocycles. The van der Waals surface area contributed by atoms with Crippen LogP contribution in [-0.4, -0.2) is 33.5 Å². The van der Waals surface area contributed by atoms with Crippen molar-refractivity contribution in [2.75, 3.05) is 18.0 Å². The van der Waals surface area contributed by atoms with E-state index in [-0.39, 0.29) is 29.3 Å². The molecule has 1 unspecified atom stereocenters. The van der Waals surface area contributed by atoms with Gasteiger partial charge in [0.05, 0.1) is 4.90 Å². The molecule has 0 bridgehead atoms. The van der Waals surface area contributed by atoms with Crippen molar-refractivity contribution in [1.29, 1.82) is 0 Å². The summed E-state index contributed by atoms with van der Waals surface area (Å²) in [5, 5.41) is 0. The maximum atomic E-state index is 12.9. The summed E-state index contributed by atoms with van der Waals surface area (Å²) < 4.78 is 28.7. The number of hydrogen-bond donors (Lipinski definition) is 2. The van der Waals surface area contributed by atoms with Gasteiger partial charge in [-0.2, -0.15) is 0 Å². The third kappa shape index (κ3) is 5.02. The summed E-state index contributed by atoms with van der Waals surface area (Å²) in [5.41, 5.74) is 7.62. The molecule has 1 aromatic carbocycles. The summed E-state index contributed by atoms with van der Waals surface area (Å²) in [6, 6.07) is 4.86. The molecule has 1 fully saturated rings. The van der Waals surface area contributed by atoms with Crippen LogP contribution in [0.4, 0.5) is 5.69 Å². The van der Waals surface area contributed by atoms with Gasteiger partial charge in [0.1, 0.15) is 0 Å². The van der Waals surface area contributed by atoms with Gasteiger partial charge in [-0.3, -0.25) is 4.79 Å². The van der Waals surface area contributed by atoms with E-state index in [0.717, 1.165) is 44.1 Å². The topological polar surface area (TPSA) is 92.5 Å². The second-order valence-electron chi connectivity index (χ2n) is 7.43. The Kier molecular flexibility index (Phi) is 7.68. The Labute approximate surface area is 168 Å². The SMILES string of the molecule is CC(=O)N1CCCc2ccc(S(=O)(=O)NC(CN)C3CCCCC3)cc21.Cl. The van der Waals surface area contributed by atoms with Gasteiger partial charge in [0, 0.05) is 31.7 Å². The van der Waals surface area contributed by atoms with Crippen LogP contribution in [-0.2, 0) is 21.2 Å². The van der Waals surface area contributed by atoms with Crippen LogP contribution in [0.1, 0.15) is 51.0 Å². The van der Waals surface area contributed by atoms with Crippen LogP contribution >= 0.6 is 12.4 Å². The molecule has 0 aromatic heterocycles. The molecule has 1 aromatic rings. The number of halogens is 1. The average Bonchev–Trinajstić information content (AvgIpc) is 2.65. The highest BCUT2D eigenvalue weighted by molar-refractivity contribution is 7.89. The predicted octanol–water partition coefficient (Wildman–Crippen LogP) is 2.59. The van der Waals surface area contributed by atoms with E-state index >= 15 is 0 Å². The molecule has 152 valence electrons. The highest BCUT2D eigenvalue weighted by Crippen LogP contribution is 2.31. The van der Waals surface area contributed by atoms with Crippen molar-refractivity contribution in [2.45, 2.75) is 62.8 Å². The summed E-state index contributed by atoms with van der Waals surface area (Å²) >= 11 is 0. The van der Waals surface area contributed by atoms with Crippen LogP contribution in [0.5, 0.6) is 0 Å². The average molecular weight is 416 g/mol. The molecule has 2 aliphatic rings. The normalized spacial score (nSPS) is 19.1. The Morgan fingerprint density at radius 3 is 2.59 bits per heavy atom. The van der Waals surface area contributed by atoms with Gasteiger partial charge in [-0.25, -0.2) is 13.1 Å². The fourth-order valence-electron chi connectivity index (χ4n) is 4.19. The molecule has 8 heteroatoms.